The largest absolute Gasteiger partial charge is 0.321 e. The molecule has 0 fully saturated rings. The van der Waals surface area contributed by atoms with Crippen LogP contribution < -0.4 is 15.2 Å². The van der Waals surface area contributed by atoms with E-state index >= 15 is 0 Å². The molecule has 7 nitrogen and oxygen atoms in total. The highest BCUT2D eigenvalue weighted by Crippen LogP contribution is 2.17. The Morgan fingerprint density at radius 2 is 1.90 bits per heavy atom. The van der Waals surface area contributed by atoms with Crippen molar-refractivity contribution >= 4 is 39.1 Å². The van der Waals surface area contributed by atoms with Gasteiger partial charge in [-0.2, -0.15) is 8.42 Å². The minimum atomic E-state index is -3.87. The standard InChI is InChI=1S/C12H11ClN4O3S/c13-8-4-5-15-11(6-8)12(18)16-9-2-1-3-10(7-9)17-21(14,19)20/h1-7,17H,(H,16,18)(H2,14,19,20). The van der Waals surface area contributed by atoms with E-state index in [2.05, 4.69) is 15.0 Å². The number of nitrogens with one attached hydrogen (secondary N) is 2. The number of hydrogen-bond acceptors (Lipinski definition) is 4. The zero-order chi connectivity index (χ0) is 15.5. The van der Waals surface area contributed by atoms with Crippen LogP contribution in [0.5, 0.6) is 0 Å². The molecule has 1 aromatic heterocycles. The van der Waals surface area contributed by atoms with Gasteiger partial charge in [-0.25, -0.2) is 5.14 Å². The van der Waals surface area contributed by atoms with Gasteiger partial charge in [0, 0.05) is 16.9 Å². The Morgan fingerprint density at radius 1 is 1.19 bits per heavy atom. The molecule has 9 heteroatoms. The van der Waals surface area contributed by atoms with Gasteiger partial charge in [0.05, 0.1) is 5.69 Å². The fourth-order valence-electron chi connectivity index (χ4n) is 1.55. The summed E-state index contributed by atoms with van der Waals surface area (Å²) in [6.45, 7) is 0. The lowest BCUT2D eigenvalue weighted by Crippen LogP contribution is -2.21. The van der Waals surface area contributed by atoms with Crippen molar-refractivity contribution in [2.24, 2.45) is 5.14 Å². The van der Waals surface area contributed by atoms with Crippen LogP contribution >= 0.6 is 11.6 Å². The normalized spacial score (nSPS) is 11.0. The summed E-state index contributed by atoms with van der Waals surface area (Å²) in [5, 5.41) is 7.84. The Morgan fingerprint density at radius 3 is 2.57 bits per heavy atom. The number of carbonyl (C=O) groups excluding carboxylic acids is 1. The molecule has 0 saturated heterocycles. The summed E-state index contributed by atoms with van der Waals surface area (Å²) in [6, 6.07) is 9.05. The number of halogens is 1. The van der Waals surface area contributed by atoms with E-state index in [1.165, 1.54) is 24.4 Å². The average Bonchev–Trinajstić information content (AvgIpc) is 2.37. The summed E-state index contributed by atoms with van der Waals surface area (Å²) >= 11 is 5.78. The van der Waals surface area contributed by atoms with Gasteiger partial charge < -0.3 is 5.32 Å². The van der Waals surface area contributed by atoms with E-state index in [0.717, 1.165) is 0 Å². The smallest absolute Gasteiger partial charge is 0.296 e. The summed E-state index contributed by atoms with van der Waals surface area (Å²) in [4.78, 5) is 15.9. The van der Waals surface area contributed by atoms with E-state index < -0.39 is 16.1 Å². The maximum atomic E-state index is 12.0. The van der Waals surface area contributed by atoms with Crippen molar-refractivity contribution in [3.8, 4) is 0 Å². The summed E-state index contributed by atoms with van der Waals surface area (Å²) < 4.78 is 24.0. The molecule has 1 aromatic carbocycles. The highest BCUT2D eigenvalue weighted by Gasteiger charge is 2.09. The first-order valence-corrected chi connectivity index (χ1v) is 7.59. The van der Waals surface area contributed by atoms with E-state index in [-0.39, 0.29) is 11.4 Å². The zero-order valence-electron chi connectivity index (χ0n) is 10.6. The van der Waals surface area contributed by atoms with Crippen molar-refractivity contribution in [3.63, 3.8) is 0 Å². The number of nitrogens with two attached hydrogens (primary N) is 1. The molecule has 0 radical (unpaired) electrons. The van der Waals surface area contributed by atoms with Gasteiger partial charge in [-0.3, -0.25) is 14.5 Å². The predicted molar refractivity (Wildman–Crippen MR) is 80.4 cm³/mol. The van der Waals surface area contributed by atoms with Crippen molar-refractivity contribution in [2.75, 3.05) is 10.0 Å². The molecule has 0 aliphatic heterocycles. The second-order valence-corrected chi connectivity index (χ2v) is 5.77. The quantitative estimate of drug-likeness (QED) is 0.791. The molecule has 21 heavy (non-hydrogen) atoms. The van der Waals surface area contributed by atoms with Gasteiger partial charge in [0.15, 0.2) is 0 Å². The minimum absolute atomic E-state index is 0.146. The topological polar surface area (TPSA) is 114 Å². The number of amides is 1. The SMILES string of the molecule is NS(=O)(=O)Nc1cccc(NC(=O)c2cc(Cl)ccn2)c1. The van der Waals surface area contributed by atoms with E-state index in [0.29, 0.717) is 10.7 Å². The molecular weight excluding hydrogens is 316 g/mol. The number of nitrogens with zero attached hydrogens (tertiary/aromatic N) is 1. The molecular formula is C12H11ClN4O3S. The number of anilines is 2. The number of benzene rings is 1. The third-order valence-electron chi connectivity index (χ3n) is 2.34. The Hall–Kier alpha value is -2.16. The van der Waals surface area contributed by atoms with Crippen LogP contribution in [0.4, 0.5) is 11.4 Å². The third-order valence-corrected chi connectivity index (χ3v) is 3.09. The van der Waals surface area contributed by atoms with Crippen LogP contribution in [0.2, 0.25) is 5.02 Å². The molecule has 0 atom stereocenters. The molecule has 0 bridgehead atoms. The fourth-order valence-corrected chi connectivity index (χ4v) is 2.16. The monoisotopic (exact) mass is 326 g/mol. The first-order valence-electron chi connectivity index (χ1n) is 5.67. The summed E-state index contributed by atoms with van der Waals surface area (Å²) in [5.41, 5.74) is 0.761. The molecule has 1 amide bonds. The summed E-state index contributed by atoms with van der Waals surface area (Å²) in [6.07, 6.45) is 1.41. The number of pyridine rings is 1. The Balaban J connectivity index is 2.16. The van der Waals surface area contributed by atoms with Crippen LogP contribution in [0.15, 0.2) is 42.6 Å². The molecule has 1 heterocycles. The molecule has 2 aromatic rings. The van der Waals surface area contributed by atoms with Gasteiger partial charge >= 0.3 is 0 Å². The van der Waals surface area contributed by atoms with E-state index in [1.54, 1.807) is 18.2 Å². The minimum Gasteiger partial charge on any atom is -0.321 e. The van der Waals surface area contributed by atoms with Crippen LogP contribution in [0.1, 0.15) is 10.5 Å². The lowest BCUT2D eigenvalue weighted by atomic mass is 10.2. The lowest BCUT2D eigenvalue weighted by molar-refractivity contribution is 0.102. The molecule has 0 spiro atoms. The second kappa shape index (κ2) is 6.08. The third kappa shape index (κ3) is 4.71. The number of rotatable bonds is 4. The van der Waals surface area contributed by atoms with Gasteiger partial charge in [-0.05, 0) is 30.3 Å². The molecule has 0 unspecified atom stereocenters. The second-order valence-electron chi connectivity index (χ2n) is 4.04. The molecule has 2 rings (SSSR count). The summed E-state index contributed by atoms with van der Waals surface area (Å²) in [7, 11) is -3.87. The maximum Gasteiger partial charge on any atom is 0.296 e. The van der Waals surface area contributed by atoms with Crippen LogP contribution in [0, 0.1) is 0 Å². The van der Waals surface area contributed by atoms with Gasteiger partial charge in [0.2, 0.25) is 0 Å². The molecule has 4 N–H and O–H groups in total. The maximum absolute atomic E-state index is 12.0. The van der Waals surface area contributed by atoms with Crippen LogP contribution in [-0.4, -0.2) is 19.3 Å². The highest BCUT2D eigenvalue weighted by atomic mass is 35.5. The average molecular weight is 327 g/mol. The number of aromatic nitrogens is 1. The van der Waals surface area contributed by atoms with Crippen molar-refractivity contribution in [3.05, 3.63) is 53.3 Å². The van der Waals surface area contributed by atoms with Crippen LogP contribution in [-0.2, 0) is 10.2 Å². The first-order chi connectivity index (χ1) is 9.83. The first kappa shape index (κ1) is 15.2. The Labute approximate surface area is 126 Å². The van der Waals surface area contributed by atoms with Crippen molar-refractivity contribution < 1.29 is 13.2 Å². The summed E-state index contributed by atoms with van der Waals surface area (Å²) in [5.74, 6) is -0.467. The molecule has 110 valence electrons. The highest BCUT2D eigenvalue weighted by molar-refractivity contribution is 7.90. The number of carbonyl (C=O) groups is 1. The Kier molecular flexibility index (Phi) is 4.41. The van der Waals surface area contributed by atoms with Crippen molar-refractivity contribution in [1.29, 1.82) is 0 Å². The van der Waals surface area contributed by atoms with Crippen molar-refractivity contribution in [2.45, 2.75) is 0 Å². The fraction of sp³-hybridized carbons (Fsp3) is 0. The molecule has 0 aliphatic rings. The molecule has 0 aliphatic carbocycles. The van der Waals surface area contributed by atoms with E-state index in [9.17, 15) is 13.2 Å². The van der Waals surface area contributed by atoms with Crippen molar-refractivity contribution in [1.82, 2.24) is 4.98 Å². The lowest BCUT2D eigenvalue weighted by Gasteiger charge is -2.08. The van der Waals surface area contributed by atoms with Gasteiger partial charge in [0.25, 0.3) is 16.1 Å². The van der Waals surface area contributed by atoms with Crippen LogP contribution in [0.3, 0.4) is 0 Å². The van der Waals surface area contributed by atoms with Gasteiger partial charge in [0.1, 0.15) is 5.69 Å². The van der Waals surface area contributed by atoms with E-state index in [1.807, 2.05) is 0 Å². The van der Waals surface area contributed by atoms with Gasteiger partial charge in [-0.15, -0.1) is 0 Å². The Bertz CT molecular complexity index is 780. The molecule has 0 saturated carbocycles. The van der Waals surface area contributed by atoms with E-state index in [4.69, 9.17) is 16.7 Å². The predicted octanol–water partition coefficient (Wildman–Crippen LogP) is 1.60. The number of hydrogen-bond donors (Lipinski definition) is 3. The van der Waals surface area contributed by atoms with Crippen LogP contribution in [0.25, 0.3) is 0 Å². The zero-order valence-corrected chi connectivity index (χ0v) is 12.1. The van der Waals surface area contributed by atoms with Gasteiger partial charge in [-0.1, -0.05) is 17.7 Å².